The van der Waals surface area contributed by atoms with E-state index in [4.69, 9.17) is 4.74 Å². The van der Waals surface area contributed by atoms with Crippen molar-refractivity contribution in [3.05, 3.63) is 83.5 Å². The SMILES string of the molecule is CN/C=C\C(=C/C=O)NC(=O)c1ccc(C(F)(F)F)cc1Oc1ccc(F)cc1. The summed E-state index contributed by atoms with van der Waals surface area (Å²) >= 11 is 0. The van der Waals surface area contributed by atoms with E-state index in [9.17, 15) is 27.2 Å². The fourth-order valence-electron chi connectivity index (χ4n) is 2.18. The molecule has 2 N–H and O–H groups in total. The number of hydrogen-bond donors (Lipinski definition) is 2. The predicted molar refractivity (Wildman–Crippen MR) is 97.7 cm³/mol. The maximum atomic E-state index is 13.1. The molecule has 29 heavy (non-hydrogen) atoms. The molecular weight excluding hydrogens is 392 g/mol. The Morgan fingerprint density at radius 2 is 1.79 bits per heavy atom. The Labute approximate surface area is 163 Å². The standard InChI is InChI=1S/C20H16F4N2O3/c1-25-10-8-15(9-11-27)26-19(28)17-7-2-13(20(22,23)24)12-18(17)29-16-5-3-14(21)4-6-16/h2-12,25H,1H3,(H,26,28)/b10-8-,15-9+. The monoisotopic (exact) mass is 408 g/mol. The van der Waals surface area contributed by atoms with Crippen LogP contribution in [0.1, 0.15) is 15.9 Å². The van der Waals surface area contributed by atoms with Crippen molar-refractivity contribution in [1.82, 2.24) is 10.6 Å². The molecule has 0 aliphatic rings. The second-order valence-electron chi connectivity index (χ2n) is 5.60. The fraction of sp³-hybridized carbons (Fsp3) is 0.100. The highest BCUT2D eigenvalue weighted by molar-refractivity contribution is 5.98. The summed E-state index contributed by atoms with van der Waals surface area (Å²) in [4.78, 5) is 23.3. The van der Waals surface area contributed by atoms with Gasteiger partial charge in [0.05, 0.1) is 11.1 Å². The van der Waals surface area contributed by atoms with Crippen LogP contribution in [0.15, 0.2) is 66.5 Å². The highest BCUT2D eigenvalue weighted by Crippen LogP contribution is 2.35. The molecule has 0 radical (unpaired) electrons. The highest BCUT2D eigenvalue weighted by atomic mass is 19.4. The Morgan fingerprint density at radius 1 is 1.10 bits per heavy atom. The van der Waals surface area contributed by atoms with Crippen molar-refractivity contribution in [2.24, 2.45) is 0 Å². The lowest BCUT2D eigenvalue weighted by atomic mass is 10.1. The number of rotatable bonds is 7. The maximum Gasteiger partial charge on any atom is 0.416 e. The molecule has 9 heteroatoms. The van der Waals surface area contributed by atoms with Crippen LogP contribution >= 0.6 is 0 Å². The van der Waals surface area contributed by atoms with Crippen LogP contribution < -0.4 is 15.4 Å². The zero-order valence-electron chi connectivity index (χ0n) is 15.1. The van der Waals surface area contributed by atoms with Crippen molar-refractivity contribution >= 4 is 12.2 Å². The fourth-order valence-corrected chi connectivity index (χ4v) is 2.18. The molecule has 0 unspecified atom stereocenters. The summed E-state index contributed by atoms with van der Waals surface area (Å²) in [6.45, 7) is 0. The average molecular weight is 408 g/mol. The van der Waals surface area contributed by atoms with E-state index in [-0.39, 0.29) is 22.8 Å². The number of hydrogen-bond acceptors (Lipinski definition) is 4. The predicted octanol–water partition coefficient (Wildman–Crippen LogP) is 4.18. The number of benzene rings is 2. The van der Waals surface area contributed by atoms with Crippen molar-refractivity contribution in [2.45, 2.75) is 6.18 Å². The average Bonchev–Trinajstić information content (AvgIpc) is 2.67. The number of carbonyl (C=O) groups is 2. The van der Waals surface area contributed by atoms with Gasteiger partial charge in [-0.25, -0.2) is 4.39 Å². The molecule has 5 nitrogen and oxygen atoms in total. The maximum absolute atomic E-state index is 13.1. The zero-order valence-corrected chi connectivity index (χ0v) is 15.1. The molecule has 2 aromatic rings. The van der Waals surface area contributed by atoms with Crippen LogP contribution in [0, 0.1) is 5.82 Å². The number of amides is 1. The second-order valence-corrected chi connectivity index (χ2v) is 5.60. The first-order valence-electron chi connectivity index (χ1n) is 8.20. The van der Waals surface area contributed by atoms with Crippen molar-refractivity contribution < 1.29 is 31.9 Å². The summed E-state index contributed by atoms with van der Waals surface area (Å²) in [5, 5.41) is 5.08. The Bertz CT molecular complexity index is 936. The van der Waals surface area contributed by atoms with Crippen LogP contribution in [0.3, 0.4) is 0 Å². The van der Waals surface area contributed by atoms with E-state index in [1.165, 1.54) is 24.4 Å². The number of nitrogens with one attached hydrogen (secondary N) is 2. The lowest BCUT2D eigenvalue weighted by molar-refractivity contribution is -0.137. The summed E-state index contributed by atoms with van der Waals surface area (Å²) in [5.41, 5.74) is -1.13. The molecule has 0 atom stereocenters. The van der Waals surface area contributed by atoms with Crippen LogP contribution in [0.2, 0.25) is 0 Å². The van der Waals surface area contributed by atoms with Crippen LogP contribution in [0.5, 0.6) is 11.5 Å². The first-order chi connectivity index (χ1) is 13.7. The summed E-state index contributed by atoms with van der Waals surface area (Å²) in [6.07, 6.45) is -0.322. The molecular formula is C20H16F4N2O3. The molecule has 0 bridgehead atoms. The van der Waals surface area contributed by atoms with E-state index < -0.39 is 23.5 Å². The van der Waals surface area contributed by atoms with Crippen molar-refractivity contribution in [2.75, 3.05) is 7.05 Å². The number of ether oxygens (including phenoxy) is 1. The van der Waals surface area contributed by atoms with Gasteiger partial charge in [-0.3, -0.25) is 9.59 Å². The molecule has 0 aromatic heterocycles. The topological polar surface area (TPSA) is 67.4 Å². The normalized spacial score (nSPS) is 12.0. The van der Waals surface area contributed by atoms with Gasteiger partial charge in [0.15, 0.2) is 0 Å². The van der Waals surface area contributed by atoms with E-state index in [1.807, 2.05) is 0 Å². The van der Waals surface area contributed by atoms with Gasteiger partial charge in [0, 0.05) is 18.8 Å². The molecule has 0 saturated carbocycles. The minimum atomic E-state index is -4.66. The van der Waals surface area contributed by atoms with Crippen molar-refractivity contribution in [1.29, 1.82) is 0 Å². The summed E-state index contributed by atoms with van der Waals surface area (Å²) in [6, 6.07) is 6.92. The van der Waals surface area contributed by atoms with Gasteiger partial charge in [-0.05, 0) is 54.7 Å². The van der Waals surface area contributed by atoms with Gasteiger partial charge < -0.3 is 15.4 Å². The van der Waals surface area contributed by atoms with Crippen LogP contribution in [0.25, 0.3) is 0 Å². The third-order valence-corrected chi connectivity index (χ3v) is 3.53. The van der Waals surface area contributed by atoms with Crippen LogP contribution in [0.4, 0.5) is 17.6 Å². The molecule has 152 valence electrons. The number of allylic oxidation sites excluding steroid dienone is 2. The molecule has 0 aliphatic carbocycles. The molecule has 0 saturated heterocycles. The van der Waals surface area contributed by atoms with Gasteiger partial charge in [-0.1, -0.05) is 0 Å². The van der Waals surface area contributed by atoms with E-state index in [0.717, 1.165) is 30.3 Å². The highest BCUT2D eigenvalue weighted by Gasteiger charge is 2.32. The van der Waals surface area contributed by atoms with Crippen molar-refractivity contribution in [3.8, 4) is 11.5 Å². The smallest absolute Gasteiger partial charge is 0.416 e. The Kier molecular flexibility index (Phi) is 7.13. The summed E-state index contributed by atoms with van der Waals surface area (Å²) in [5.74, 6) is -1.70. The zero-order chi connectivity index (χ0) is 21.4. The molecule has 1 amide bonds. The van der Waals surface area contributed by atoms with E-state index >= 15 is 0 Å². The van der Waals surface area contributed by atoms with Gasteiger partial charge in [0.1, 0.15) is 23.6 Å². The number of aldehydes is 1. The van der Waals surface area contributed by atoms with E-state index in [1.54, 1.807) is 7.05 Å². The van der Waals surface area contributed by atoms with Gasteiger partial charge >= 0.3 is 6.18 Å². The van der Waals surface area contributed by atoms with Crippen LogP contribution in [-0.2, 0) is 11.0 Å². The third kappa shape index (κ3) is 6.20. The Hall–Kier alpha value is -3.62. The van der Waals surface area contributed by atoms with E-state index in [0.29, 0.717) is 12.4 Å². The lowest BCUT2D eigenvalue weighted by Gasteiger charge is -2.15. The minimum absolute atomic E-state index is 0.0403. The van der Waals surface area contributed by atoms with Gasteiger partial charge in [0.25, 0.3) is 5.91 Å². The molecule has 0 fully saturated rings. The van der Waals surface area contributed by atoms with Gasteiger partial charge in [-0.15, -0.1) is 0 Å². The molecule has 2 aromatic carbocycles. The number of carbonyl (C=O) groups excluding carboxylic acids is 2. The molecule has 2 rings (SSSR count). The quantitative estimate of drug-likeness (QED) is 0.312. The summed E-state index contributed by atoms with van der Waals surface area (Å²) < 4.78 is 57.7. The molecule has 0 heterocycles. The van der Waals surface area contributed by atoms with Crippen LogP contribution in [-0.4, -0.2) is 19.2 Å². The minimum Gasteiger partial charge on any atom is -0.457 e. The first kappa shape index (κ1) is 21.7. The van der Waals surface area contributed by atoms with Gasteiger partial charge in [0.2, 0.25) is 0 Å². The van der Waals surface area contributed by atoms with Gasteiger partial charge in [-0.2, -0.15) is 13.2 Å². The lowest BCUT2D eigenvalue weighted by Crippen LogP contribution is -2.23. The van der Waals surface area contributed by atoms with E-state index in [2.05, 4.69) is 10.6 Å². The first-order valence-corrected chi connectivity index (χ1v) is 8.20. The molecule has 0 aliphatic heterocycles. The second kappa shape index (κ2) is 9.54. The molecule has 0 spiro atoms. The third-order valence-electron chi connectivity index (χ3n) is 3.53. The number of alkyl halides is 3. The number of halogens is 4. The largest absolute Gasteiger partial charge is 0.457 e. The van der Waals surface area contributed by atoms with Crippen molar-refractivity contribution in [3.63, 3.8) is 0 Å². The summed E-state index contributed by atoms with van der Waals surface area (Å²) in [7, 11) is 1.60. The Morgan fingerprint density at radius 3 is 2.38 bits per heavy atom. The Balaban J connectivity index is 2.42.